The maximum atomic E-state index is 12.5. The molecule has 0 aliphatic heterocycles. The summed E-state index contributed by atoms with van der Waals surface area (Å²) in [4.78, 5) is 24.8. The van der Waals surface area contributed by atoms with E-state index in [1.807, 2.05) is 0 Å². The number of rotatable bonds is 2. The highest BCUT2D eigenvalue weighted by molar-refractivity contribution is 6.19. The van der Waals surface area contributed by atoms with Gasteiger partial charge in [-0.3, -0.25) is 9.59 Å². The molecule has 0 amide bonds. The summed E-state index contributed by atoms with van der Waals surface area (Å²) < 4.78 is 0. The molecule has 19 heavy (non-hydrogen) atoms. The Balaban J connectivity index is 3.40. The van der Waals surface area contributed by atoms with E-state index in [4.69, 9.17) is 5.21 Å². The number of oxime groups is 1. The van der Waals surface area contributed by atoms with E-state index in [9.17, 15) is 14.7 Å². The molecule has 0 aromatic rings. The molecule has 0 bridgehead atoms. The van der Waals surface area contributed by atoms with Crippen LogP contribution in [0.3, 0.4) is 0 Å². The maximum absolute atomic E-state index is 12.5. The molecule has 108 valence electrons. The van der Waals surface area contributed by atoms with Gasteiger partial charge in [-0.05, 0) is 19.8 Å². The summed E-state index contributed by atoms with van der Waals surface area (Å²) in [5.74, 6) is -1.79. The Bertz CT molecular complexity index is 435. The van der Waals surface area contributed by atoms with Gasteiger partial charge in [0.1, 0.15) is 0 Å². The highest BCUT2D eigenvalue weighted by Crippen LogP contribution is 2.44. The summed E-state index contributed by atoms with van der Waals surface area (Å²) in [6, 6.07) is 0. The van der Waals surface area contributed by atoms with Crippen molar-refractivity contribution >= 4 is 17.3 Å². The third-order valence-corrected chi connectivity index (χ3v) is 4.13. The second-order valence-electron chi connectivity index (χ2n) is 6.64. The molecule has 0 spiro atoms. The van der Waals surface area contributed by atoms with Crippen LogP contribution in [0.15, 0.2) is 5.16 Å². The highest BCUT2D eigenvalue weighted by atomic mass is 16.4. The van der Waals surface area contributed by atoms with Crippen molar-refractivity contribution < 1.29 is 19.9 Å². The van der Waals surface area contributed by atoms with Gasteiger partial charge in [-0.2, -0.15) is 0 Å². The Morgan fingerprint density at radius 1 is 1.21 bits per heavy atom. The summed E-state index contributed by atoms with van der Waals surface area (Å²) in [5.41, 5.74) is -2.00. The van der Waals surface area contributed by atoms with Crippen molar-refractivity contribution in [3.8, 4) is 0 Å². The lowest BCUT2D eigenvalue weighted by Crippen LogP contribution is -2.61. The molecule has 1 rings (SSSR count). The lowest BCUT2D eigenvalue weighted by atomic mass is 9.56. The van der Waals surface area contributed by atoms with Crippen molar-refractivity contribution in [1.29, 1.82) is 0 Å². The largest absolute Gasteiger partial charge is 0.411 e. The van der Waals surface area contributed by atoms with Gasteiger partial charge in [0, 0.05) is 0 Å². The molecular weight excluding hydrogens is 246 g/mol. The number of Topliss-reactive ketones (excluding diaryl/α,β-unsaturated/α-hetero) is 2. The van der Waals surface area contributed by atoms with Crippen molar-refractivity contribution in [2.45, 2.75) is 47.6 Å². The van der Waals surface area contributed by atoms with E-state index in [0.29, 0.717) is 0 Å². The van der Waals surface area contributed by atoms with Gasteiger partial charge >= 0.3 is 0 Å². The monoisotopic (exact) mass is 269 g/mol. The number of carbonyl (C=O) groups excluding carboxylic acids is 2. The Morgan fingerprint density at radius 3 is 2.05 bits per heavy atom. The van der Waals surface area contributed by atoms with Gasteiger partial charge in [0.15, 0.2) is 11.6 Å². The van der Waals surface area contributed by atoms with Crippen LogP contribution in [0, 0.1) is 22.7 Å². The first-order valence-corrected chi connectivity index (χ1v) is 6.48. The molecule has 1 aliphatic rings. The fraction of sp³-hybridized carbons (Fsp3) is 0.786. The first-order chi connectivity index (χ1) is 8.49. The molecule has 0 aromatic carbocycles. The van der Waals surface area contributed by atoms with E-state index in [0.717, 1.165) is 0 Å². The van der Waals surface area contributed by atoms with Crippen LogP contribution in [0.1, 0.15) is 41.5 Å². The van der Waals surface area contributed by atoms with Crippen LogP contribution in [0.4, 0.5) is 0 Å². The number of ketones is 2. The SMILES string of the molecule is CC(C)/C(=N\O)C1C(=O)C(C)(C)C(=O)C(C)(C)C1O. The Kier molecular flexibility index (Phi) is 3.92. The van der Waals surface area contributed by atoms with E-state index in [1.165, 1.54) is 0 Å². The molecular formula is C14H23NO4. The Morgan fingerprint density at radius 2 is 1.68 bits per heavy atom. The van der Waals surface area contributed by atoms with Gasteiger partial charge in [-0.15, -0.1) is 0 Å². The standard InChI is InChI=1S/C14H23NO4/c1-7(2)9(15-19)8-10(16)13(3,4)12(18)14(5,6)11(8)17/h7-8,10,16,19H,1-6H3/b15-9+. The molecule has 2 atom stereocenters. The molecule has 0 heterocycles. The second-order valence-corrected chi connectivity index (χ2v) is 6.64. The minimum atomic E-state index is -1.18. The average molecular weight is 269 g/mol. The third-order valence-electron chi connectivity index (χ3n) is 4.13. The van der Waals surface area contributed by atoms with Crippen LogP contribution < -0.4 is 0 Å². The zero-order valence-corrected chi connectivity index (χ0v) is 12.4. The second kappa shape index (κ2) is 4.71. The maximum Gasteiger partial charge on any atom is 0.157 e. The van der Waals surface area contributed by atoms with Gasteiger partial charge in [0.2, 0.25) is 0 Å². The van der Waals surface area contributed by atoms with E-state index in [2.05, 4.69) is 5.16 Å². The molecule has 2 N–H and O–H groups in total. The smallest absolute Gasteiger partial charge is 0.157 e. The van der Waals surface area contributed by atoms with E-state index in [-0.39, 0.29) is 23.2 Å². The Hall–Kier alpha value is -1.23. The molecule has 0 aromatic heterocycles. The van der Waals surface area contributed by atoms with Crippen molar-refractivity contribution in [3.63, 3.8) is 0 Å². The number of aliphatic hydroxyl groups is 1. The fourth-order valence-electron chi connectivity index (χ4n) is 2.83. The lowest BCUT2D eigenvalue weighted by Gasteiger charge is -2.46. The van der Waals surface area contributed by atoms with Gasteiger partial charge in [-0.1, -0.05) is 32.9 Å². The van der Waals surface area contributed by atoms with Crippen molar-refractivity contribution in [3.05, 3.63) is 0 Å². The molecule has 2 unspecified atom stereocenters. The van der Waals surface area contributed by atoms with Crippen molar-refractivity contribution in [1.82, 2.24) is 0 Å². The highest BCUT2D eigenvalue weighted by Gasteiger charge is 2.59. The molecule has 1 aliphatic carbocycles. The average Bonchev–Trinajstić information content (AvgIpc) is 2.31. The minimum absolute atomic E-state index is 0.187. The predicted molar refractivity (Wildman–Crippen MR) is 71.1 cm³/mol. The molecule has 1 fully saturated rings. The first kappa shape index (κ1) is 15.8. The normalized spacial score (nSPS) is 30.8. The van der Waals surface area contributed by atoms with E-state index in [1.54, 1.807) is 41.5 Å². The van der Waals surface area contributed by atoms with Gasteiger partial charge in [0.05, 0.1) is 28.6 Å². The number of hydrogen-bond donors (Lipinski definition) is 2. The summed E-state index contributed by atoms with van der Waals surface area (Å²) in [7, 11) is 0. The topological polar surface area (TPSA) is 87.0 Å². The summed E-state index contributed by atoms with van der Waals surface area (Å²) in [6.07, 6.45) is -1.17. The van der Waals surface area contributed by atoms with Crippen LogP contribution in [0.2, 0.25) is 0 Å². The molecule has 5 nitrogen and oxygen atoms in total. The van der Waals surface area contributed by atoms with Crippen LogP contribution >= 0.6 is 0 Å². The Labute approximate surface area is 113 Å². The van der Waals surface area contributed by atoms with Gasteiger partial charge in [0.25, 0.3) is 0 Å². The quantitative estimate of drug-likeness (QED) is 0.345. The number of nitrogens with zero attached hydrogens (tertiary/aromatic N) is 1. The van der Waals surface area contributed by atoms with E-state index < -0.39 is 22.9 Å². The van der Waals surface area contributed by atoms with Crippen LogP contribution in [0.5, 0.6) is 0 Å². The first-order valence-electron chi connectivity index (χ1n) is 6.48. The molecule has 0 radical (unpaired) electrons. The number of hydrogen-bond acceptors (Lipinski definition) is 5. The molecule has 1 saturated carbocycles. The minimum Gasteiger partial charge on any atom is -0.411 e. The lowest BCUT2D eigenvalue weighted by molar-refractivity contribution is -0.161. The zero-order valence-electron chi connectivity index (χ0n) is 12.4. The summed E-state index contributed by atoms with van der Waals surface area (Å²) in [5, 5.41) is 22.7. The zero-order chi connectivity index (χ0) is 15.2. The molecule has 5 heteroatoms. The van der Waals surface area contributed by atoms with Crippen LogP contribution in [-0.4, -0.2) is 33.7 Å². The summed E-state index contributed by atoms with van der Waals surface area (Å²) in [6.45, 7) is 9.94. The van der Waals surface area contributed by atoms with Crippen LogP contribution in [0.25, 0.3) is 0 Å². The van der Waals surface area contributed by atoms with Gasteiger partial charge in [-0.25, -0.2) is 0 Å². The van der Waals surface area contributed by atoms with Crippen molar-refractivity contribution in [2.24, 2.45) is 27.8 Å². The fourth-order valence-corrected chi connectivity index (χ4v) is 2.83. The third kappa shape index (κ3) is 2.20. The molecule has 0 saturated heterocycles. The summed E-state index contributed by atoms with van der Waals surface area (Å²) >= 11 is 0. The predicted octanol–water partition coefficient (Wildman–Crippen LogP) is 1.65. The van der Waals surface area contributed by atoms with Crippen LogP contribution in [-0.2, 0) is 9.59 Å². The van der Waals surface area contributed by atoms with Crippen molar-refractivity contribution in [2.75, 3.05) is 0 Å². The number of carbonyl (C=O) groups is 2. The van der Waals surface area contributed by atoms with Gasteiger partial charge < -0.3 is 10.3 Å². The van der Waals surface area contributed by atoms with E-state index >= 15 is 0 Å². The number of aliphatic hydroxyl groups excluding tert-OH is 1.